The fraction of sp³-hybridized carbons (Fsp3) is 0.185. The number of ether oxygens (including phenoxy) is 2. The van der Waals surface area contributed by atoms with Crippen LogP contribution in [0.15, 0.2) is 72.3 Å². The molecule has 0 bridgehead atoms. The third-order valence-electron chi connectivity index (χ3n) is 5.86. The number of hydrogen-bond acceptors (Lipinski definition) is 5. The summed E-state index contributed by atoms with van der Waals surface area (Å²) in [5.74, 6) is -0.794. The quantitative estimate of drug-likeness (QED) is 0.343. The zero-order valence-corrected chi connectivity index (χ0v) is 19.0. The number of hydrogen-bond donors (Lipinski definition) is 1. The number of carbonyl (C=O) groups is 2. The van der Waals surface area contributed by atoms with Gasteiger partial charge in [0.1, 0.15) is 5.76 Å². The number of aliphatic hydroxyl groups is 1. The SMILES string of the molecule is COc1ccc(/C(O)=C2\C(=O)C(=O)N(c3cccc(C)c3)C2c2ccccc2C)cc1OC. The minimum atomic E-state index is -0.777. The molecule has 1 saturated heterocycles. The molecule has 0 radical (unpaired) electrons. The van der Waals surface area contributed by atoms with E-state index < -0.39 is 17.7 Å². The molecule has 3 aromatic rings. The van der Waals surface area contributed by atoms with Gasteiger partial charge in [-0.1, -0.05) is 36.4 Å². The highest BCUT2D eigenvalue weighted by molar-refractivity contribution is 6.51. The van der Waals surface area contributed by atoms with Crippen LogP contribution in [0.5, 0.6) is 11.5 Å². The monoisotopic (exact) mass is 443 g/mol. The number of aryl methyl sites for hydroxylation is 2. The zero-order chi connectivity index (χ0) is 23.7. The van der Waals surface area contributed by atoms with Crippen LogP contribution in [0.4, 0.5) is 5.69 Å². The minimum absolute atomic E-state index is 0.0306. The fourth-order valence-corrected chi connectivity index (χ4v) is 4.20. The molecule has 1 heterocycles. The van der Waals surface area contributed by atoms with Crippen molar-refractivity contribution in [3.8, 4) is 11.5 Å². The van der Waals surface area contributed by atoms with E-state index in [1.165, 1.54) is 19.1 Å². The molecule has 1 aliphatic rings. The standard InChI is InChI=1S/C27H25NO5/c1-16-8-7-10-19(14-16)28-24(20-11-6-5-9-17(20)2)23(26(30)27(28)31)25(29)18-12-13-21(32-3)22(15-18)33-4/h5-15,24,29H,1-4H3/b25-23+. The van der Waals surface area contributed by atoms with Crippen LogP contribution >= 0.6 is 0 Å². The number of rotatable bonds is 5. The molecular weight excluding hydrogens is 418 g/mol. The van der Waals surface area contributed by atoms with Gasteiger partial charge >= 0.3 is 0 Å². The molecule has 6 heteroatoms. The molecule has 4 rings (SSSR count). The largest absolute Gasteiger partial charge is 0.507 e. The van der Waals surface area contributed by atoms with E-state index >= 15 is 0 Å². The van der Waals surface area contributed by atoms with E-state index in [1.807, 2.05) is 56.3 Å². The van der Waals surface area contributed by atoms with Gasteiger partial charge in [0.25, 0.3) is 11.7 Å². The smallest absolute Gasteiger partial charge is 0.300 e. The topological polar surface area (TPSA) is 76.1 Å². The first-order valence-corrected chi connectivity index (χ1v) is 10.5. The van der Waals surface area contributed by atoms with Crippen molar-refractivity contribution in [3.63, 3.8) is 0 Å². The van der Waals surface area contributed by atoms with Gasteiger partial charge in [0.2, 0.25) is 0 Å². The highest BCUT2D eigenvalue weighted by Gasteiger charge is 2.47. The molecule has 0 aliphatic carbocycles. The van der Waals surface area contributed by atoms with Gasteiger partial charge in [-0.3, -0.25) is 14.5 Å². The second-order valence-corrected chi connectivity index (χ2v) is 7.93. The summed E-state index contributed by atoms with van der Waals surface area (Å²) in [6, 6.07) is 19.0. The van der Waals surface area contributed by atoms with Gasteiger partial charge in [0.15, 0.2) is 11.5 Å². The Bertz CT molecular complexity index is 1280. The predicted octanol–water partition coefficient (Wildman–Crippen LogP) is 4.95. The minimum Gasteiger partial charge on any atom is -0.507 e. The number of carbonyl (C=O) groups excluding carboxylic acids is 2. The lowest BCUT2D eigenvalue weighted by molar-refractivity contribution is -0.132. The Morgan fingerprint density at radius 3 is 2.27 bits per heavy atom. The van der Waals surface area contributed by atoms with Gasteiger partial charge in [-0.15, -0.1) is 0 Å². The summed E-state index contributed by atoms with van der Waals surface area (Å²) >= 11 is 0. The lowest BCUT2D eigenvalue weighted by atomic mass is 9.92. The van der Waals surface area contributed by atoms with Crippen LogP contribution in [0.3, 0.4) is 0 Å². The van der Waals surface area contributed by atoms with Crippen LogP contribution < -0.4 is 14.4 Å². The van der Waals surface area contributed by atoms with Gasteiger partial charge < -0.3 is 14.6 Å². The van der Waals surface area contributed by atoms with Crippen LogP contribution in [0.1, 0.15) is 28.3 Å². The Hall–Kier alpha value is -4.06. The first-order valence-electron chi connectivity index (χ1n) is 10.5. The molecule has 0 spiro atoms. The first-order chi connectivity index (χ1) is 15.9. The lowest BCUT2D eigenvalue weighted by Crippen LogP contribution is -2.29. The van der Waals surface area contributed by atoms with E-state index in [-0.39, 0.29) is 11.3 Å². The van der Waals surface area contributed by atoms with Crippen molar-refractivity contribution in [1.29, 1.82) is 0 Å². The lowest BCUT2D eigenvalue weighted by Gasteiger charge is -2.27. The molecule has 1 unspecified atom stereocenters. The zero-order valence-electron chi connectivity index (χ0n) is 19.0. The molecule has 0 saturated carbocycles. The number of aliphatic hydroxyl groups excluding tert-OH is 1. The van der Waals surface area contributed by atoms with E-state index in [1.54, 1.807) is 24.3 Å². The number of Topliss-reactive ketones (excluding diaryl/α,β-unsaturated/α-hetero) is 1. The third-order valence-corrected chi connectivity index (χ3v) is 5.86. The molecule has 168 valence electrons. The summed E-state index contributed by atoms with van der Waals surface area (Å²) in [5, 5.41) is 11.3. The highest BCUT2D eigenvalue weighted by Crippen LogP contribution is 2.43. The van der Waals surface area contributed by atoms with Gasteiger partial charge in [0.05, 0.1) is 25.8 Å². The molecule has 1 N–H and O–H groups in total. The van der Waals surface area contributed by atoms with Gasteiger partial charge in [-0.25, -0.2) is 0 Å². The van der Waals surface area contributed by atoms with E-state index in [4.69, 9.17) is 9.47 Å². The van der Waals surface area contributed by atoms with Crippen molar-refractivity contribution >= 4 is 23.1 Å². The van der Waals surface area contributed by atoms with Crippen molar-refractivity contribution in [2.45, 2.75) is 19.9 Å². The van der Waals surface area contributed by atoms with Crippen LogP contribution in [0.25, 0.3) is 5.76 Å². The van der Waals surface area contributed by atoms with Crippen molar-refractivity contribution in [1.82, 2.24) is 0 Å². The molecule has 0 aromatic heterocycles. The molecule has 1 atom stereocenters. The summed E-state index contributed by atoms with van der Waals surface area (Å²) in [4.78, 5) is 28.0. The summed E-state index contributed by atoms with van der Waals surface area (Å²) < 4.78 is 10.6. The number of methoxy groups -OCH3 is 2. The van der Waals surface area contributed by atoms with Crippen molar-refractivity contribution in [3.05, 3.63) is 94.6 Å². The Labute approximate surface area is 192 Å². The number of ketones is 1. The molecule has 33 heavy (non-hydrogen) atoms. The maximum absolute atomic E-state index is 13.3. The van der Waals surface area contributed by atoms with Crippen LogP contribution in [0.2, 0.25) is 0 Å². The Morgan fingerprint density at radius 1 is 0.879 bits per heavy atom. The summed E-state index contributed by atoms with van der Waals surface area (Å²) in [5.41, 5.74) is 3.60. The maximum Gasteiger partial charge on any atom is 0.300 e. The summed E-state index contributed by atoms with van der Waals surface area (Å²) in [6.45, 7) is 3.84. The van der Waals surface area contributed by atoms with Crippen molar-refractivity contribution in [2.24, 2.45) is 0 Å². The molecule has 1 aliphatic heterocycles. The van der Waals surface area contributed by atoms with Gasteiger partial charge in [0, 0.05) is 11.3 Å². The molecule has 3 aromatic carbocycles. The average molecular weight is 443 g/mol. The first kappa shape index (κ1) is 22.1. The van der Waals surface area contributed by atoms with Crippen LogP contribution in [0, 0.1) is 13.8 Å². The number of anilines is 1. The van der Waals surface area contributed by atoms with E-state index in [0.717, 1.165) is 16.7 Å². The Balaban J connectivity index is 1.97. The average Bonchev–Trinajstić information content (AvgIpc) is 3.08. The second-order valence-electron chi connectivity index (χ2n) is 7.93. The number of amides is 1. The second kappa shape index (κ2) is 8.82. The van der Waals surface area contributed by atoms with Crippen molar-refractivity contribution in [2.75, 3.05) is 19.1 Å². The van der Waals surface area contributed by atoms with E-state index in [0.29, 0.717) is 22.7 Å². The normalized spacial score (nSPS) is 17.3. The molecule has 1 fully saturated rings. The third kappa shape index (κ3) is 3.84. The van der Waals surface area contributed by atoms with Crippen LogP contribution in [-0.4, -0.2) is 31.0 Å². The Kier molecular flexibility index (Phi) is 5.92. The molecule has 6 nitrogen and oxygen atoms in total. The van der Waals surface area contributed by atoms with Crippen molar-refractivity contribution < 1.29 is 24.2 Å². The fourth-order valence-electron chi connectivity index (χ4n) is 4.20. The highest BCUT2D eigenvalue weighted by atomic mass is 16.5. The molecule has 1 amide bonds. The number of nitrogens with zero attached hydrogens (tertiary/aromatic N) is 1. The van der Waals surface area contributed by atoms with Gasteiger partial charge in [-0.2, -0.15) is 0 Å². The van der Waals surface area contributed by atoms with E-state index in [2.05, 4.69) is 0 Å². The Morgan fingerprint density at radius 2 is 1.61 bits per heavy atom. The predicted molar refractivity (Wildman–Crippen MR) is 127 cm³/mol. The summed E-state index contributed by atoms with van der Waals surface area (Å²) in [6.07, 6.45) is 0. The maximum atomic E-state index is 13.3. The summed E-state index contributed by atoms with van der Waals surface area (Å²) in [7, 11) is 3.01. The van der Waals surface area contributed by atoms with Gasteiger partial charge in [-0.05, 0) is 60.9 Å². The number of benzene rings is 3. The van der Waals surface area contributed by atoms with Crippen LogP contribution in [-0.2, 0) is 9.59 Å². The molecular formula is C27H25NO5. The van der Waals surface area contributed by atoms with E-state index in [9.17, 15) is 14.7 Å².